The smallest absolute Gasteiger partial charge is 0.316 e. The van der Waals surface area contributed by atoms with Gasteiger partial charge < -0.3 is 4.74 Å². The van der Waals surface area contributed by atoms with Gasteiger partial charge in [-0.3, -0.25) is 14.9 Å². The summed E-state index contributed by atoms with van der Waals surface area (Å²) >= 11 is 4.17. The van der Waals surface area contributed by atoms with Crippen molar-refractivity contribution in [3.05, 3.63) is 58.3 Å². The summed E-state index contributed by atoms with van der Waals surface area (Å²) < 4.78 is 5.89. The molecular weight excluding hydrogens is 438 g/mol. The van der Waals surface area contributed by atoms with Gasteiger partial charge in [0.15, 0.2) is 4.34 Å². The number of nitrogens with one attached hydrogen (secondary N) is 1. The first-order valence-corrected chi connectivity index (χ1v) is 12.4. The Morgan fingerprint density at radius 3 is 2.63 bits per heavy atom. The SMILES string of the molecule is O=C(CSc1nnc(NC(=O)C2(c3cccs3)CCCC2)s1)OCc1ccccc1. The number of hydrogen-bond acceptors (Lipinski definition) is 8. The Morgan fingerprint density at radius 2 is 1.90 bits per heavy atom. The third-order valence-electron chi connectivity index (χ3n) is 5.07. The molecule has 1 aromatic carbocycles. The highest BCUT2D eigenvalue weighted by Crippen LogP contribution is 2.44. The van der Waals surface area contributed by atoms with Crippen LogP contribution in [0.15, 0.2) is 52.2 Å². The molecular formula is C21H21N3O3S3. The molecule has 156 valence electrons. The summed E-state index contributed by atoms with van der Waals surface area (Å²) in [4.78, 5) is 26.2. The van der Waals surface area contributed by atoms with Gasteiger partial charge in [0, 0.05) is 4.88 Å². The van der Waals surface area contributed by atoms with Gasteiger partial charge in [-0.15, -0.1) is 21.5 Å². The van der Waals surface area contributed by atoms with E-state index < -0.39 is 5.41 Å². The number of anilines is 1. The first-order valence-electron chi connectivity index (χ1n) is 9.67. The molecule has 1 amide bonds. The predicted octanol–water partition coefficient (Wildman–Crippen LogP) is 4.89. The fourth-order valence-electron chi connectivity index (χ4n) is 3.55. The third-order valence-corrected chi connectivity index (χ3v) is 8.09. The fourth-order valence-corrected chi connectivity index (χ4v) is 6.08. The zero-order valence-electron chi connectivity index (χ0n) is 16.2. The highest BCUT2D eigenvalue weighted by Gasteiger charge is 2.43. The molecule has 3 aromatic rings. The third kappa shape index (κ3) is 4.91. The molecule has 2 heterocycles. The summed E-state index contributed by atoms with van der Waals surface area (Å²) in [5.74, 6) is -0.182. The maximum absolute atomic E-state index is 13.1. The molecule has 0 saturated heterocycles. The first kappa shape index (κ1) is 21.0. The first-order chi connectivity index (χ1) is 14.7. The van der Waals surface area contributed by atoms with E-state index in [2.05, 4.69) is 15.5 Å². The monoisotopic (exact) mass is 459 g/mol. The number of ether oxygens (including phenoxy) is 1. The van der Waals surface area contributed by atoms with Crippen LogP contribution in [0, 0.1) is 0 Å². The number of thiophene rings is 1. The van der Waals surface area contributed by atoms with Crippen LogP contribution in [0.1, 0.15) is 36.1 Å². The van der Waals surface area contributed by atoms with Crippen LogP contribution in [0.3, 0.4) is 0 Å². The van der Waals surface area contributed by atoms with Crippen molar-refractivity contribution >= 4 is 51.4 Å². The molecule has 4 rings (SSSR count). The average molecular weight is 460 g/mol. The molecule has 1 saturated carbocycles. The van der Waals surface area contributed by atoms with Gasteiger partial charge in [-0.05, 0) is 29.9 Å². The molecule has 0 unspecified atom stereocenters. The Morgan fingerprint density at radius 1 is 1.10 bits per heavy atom. The van der Waals surface area contributed by atoms with E-state index in [1.807, 2.05) is 47.8 Å². The minimum atomic E-state index is -0.464. The standard InChI is InChI=1S/C21H21N3O3S3/c25-17(27-13-15-7-2-1-3-8-15)14-29-20-24-23-19(30-20)22-18(26)21(10-4-5-11-21)16-9-6-12-28-16/h1-3,6-9,12H,4-5,10-11,13-14H2,(H,22,23,26). The van der Waals surface area contributed by atoms with Gasteiger partial charge in [-0.2, -0.15) is 0 Å². The predicted molar refractivity (Wildman–Crippen MR) is 120 cm³/mol. The van der Waals surface area contributed by atoms with Crippen LogP contribution in [0.5, 0.6) is 0 Å². The number of benzene rings is 1. The number of esters is 1. The van der Waals surface area contributed by atoms with Crippen LogP contribution in [0.2, 0.25) is 0 Å². The number of aromatic nitrogens is 2. The second-order valence-corrected chi connectivity index (χ2v) is 10.2. The number of amides is 1. The summed E-state index contributed by atoms with van der Waals surface area (Å²) in [6.07, 6.45) is 3.81. The van der Waals surface area contributed by atoms with E-state index in [0.717, 1.165) is 36.1 Å². The molecule has 0 atom stereocenters. The topological polar surface area (TPSA) is 81.2 Å². The second kappa shape index (κ2) is 9.72. The van der Waals surface area contributed by atoms with Crippen molar-refractivity contribution in [1.82, 2.24) is 10.2 Å². The Bertz CT molecular complexity index is 983. The van der Waals surface area contributed by atoms with Gasteiger partial charge in [0.25, 0.3) is 0 Å². The van der Waals surface area contributed by atoms with Crippen LogP contribution >= 0.6 is 34.4 Å². The highest BCUT2D eigenvalue weighted by molar-refractivity contribution is 8.01. The molecule has 1 aliphatic carbocycles. The summed E-state index contributed by atoms with van der Waals surface area (Å²) in [5, 5.41) is 13.6. The van der Waals surface area contributed by atoms with Crippen LogP contribution in [0.4, 0.5) is 5.13 Å². The Kier molecular flexibility index (Phi) is 6.81. The van der Waals surface area contributed by atoms with E-state index in [4.69, 9.17) is 4.74 Å². The summed E-state index contributed by atoms with van der Waals surface area (Å²) in [5.41, 5.74) is 0.484. The number of carbonyl (C=O) groups excluding carboxylic acids is 2. The average Bonchev–Trinajstić information content (AvgIpc) is 3.53. The Balaban J connectivity index is 1.30. The number of carbonyl (C=O) groups is 2. The maximum Gasteiger partial charge on any atom is 0.316 e. The lowest BCUT2D eigenvalue weighted by Crippen LogP contribution is -2.37. The van der Waals surface area contributed by atoms with E-state index in [0.29, 0.717) is 9.47 Å². The van der Waals surface area contributed by atoms with Gasteiger partial charge in [-0.25, -0.2) is 0 Å². The van der Waals surface area contributed by atoms with E-state index >= 15 is 0 Å². The largest absolute Gasteiger partial charge is 0.460 e. The summed E-state index contributed by atoms with van der Waals surface area (Å²) in [6.45, 7) is 0.252. The maximum atomic E-state index is 13.1. The lowest BCUT2D eigenvalue weighted by Gasteiger charge is -2.25. The Hall–Kier alpha value is -2.23. The van der Waals surface area contributed by atoms with Crippen molar-refractivity contribution in [2.45, 2.75) is 42.0 Å². The van der Waals surface area contributed by atoms with E-state index in [1.165, 1.54) is 23.1 Å². The molecule has 0 aliphatic heterocycles. The van der Waals surface area contributed by atoms with Crippen molar-refractivity contribution in [3.63, 3.8) is 0 Å². The van der Waals surface area contributed by atoms with Gasteiger partial charge in [0.2, 0.25) is 11.0 Å². The zero-order valence-corrected chi connectivity index (χ0v) is 18.7. The Labute approximate surface area is 187 Å². The molecule has 2 aromatic heterocycles. The van der Waals surface area contributed by atoms with Crippen molar-refractivity contribution in [1.29, 1.82) is 0 Å². The summed E-state index contributed by atoms with van der Waals surface area (Å²) in [6, 6.07) is 13.6. The lowest BCUT2D eigenvalue weighted by molar-refractivity contribution is -0.141. The molecule has 0 spiro atoms. The number of hydrogen-bond donors (Lipinski definition) is 1. The molecule has 9 heteroatoms. The number of nitrogens with zero attached hydrogens (tertiary/aromatic N) is 2. The van der Waals surface area contributed by atoms with E-state index in [9.17, 15) is 9.59 Å². The van der Waals surface area contributed by atoms with Gasteiger partial charge >= 0.3 is 5.97 Å². The van der Waals surface area contributed by atoms with Crippen LogP contribution in [-0.2, 0) is 26.3 Å². The fraction of sp³-hybridized carbons (Fsp3) is 0.333. The molecule has 6 nitrogen and oxygen atoms in total. The second-order valence-electron chi connectivity index (χ2n) is 7.03. The normalized spacial score (nSPS) is 15.1. The number of thioether (sulfide) groups is 1. The highest BCUT2D eigenvalue weighted by atomic mass is 32.2. The van der Waals surface area contributed by atoms with Crippen LogP contribution in [-0.4, -0.2) is 27.8 Å². The van der Waals surface area contributed by atoms with Gasteiger partial charge in [-0.1, -0.05) is 72.3 Å². The minimum Gasteiger partial charge on any atom is -0.460 e. The molecule has 0 radical (unpaired) electrons. The van der Waals surface area contributed by atoms with E-state index in [1.54, 1.807) is 11.3 Å². The summed E-state index contributed by atoms with van der Waals surface area (Å²) in [7, 11) is 0. The molecule has 1 aliphatic rings. The minimum absolute atomic E-state index is 0.0163. The molecule has 0 bridgehead atoms. The van der Waals surface area contributed by atoms with Gasteiger partial charge in [0.1, 0.15) is 6.61 Å². The quantitative estimate of drug-likeness (QED) is 0.294. The van der Waals surface area contributed by atoms with Crippen LogP contribution in [0.25, 0.3) is 0 Å². The van der Waals surface area contributed by atoms with Crippen molar-refractivity contribution in [3.8, 4) is 0 Å². The van der Waals surface area contributed by atoms with Gasteiger partial charge in [0.05, 0.1) is 11.2 Å². The molecule has 1 fully saturated rings. The van der Waals surface area contributed by atoms with Crippen molar-refractivity contribution in [2.75, 3.05) is 11.1 Å². The number of rotatable bonds is 8. The van der Waals surface area contributed by atoms with Crippen molar-refractivity contribution in [2.24, 2.45) is 0 Å². The lowest BCUT2D eigenvalue weighted by atomic mass is 9.83. The van der Waals surface area contributed by atoms with E-state index in [-0.39, 0.29) is 24.2 Å². The molecule has 30 heavy (non-hydrogen) atoms. The molecule has 1 N–H and O–H groups in total. The zero-order chi connectivity index (χ0) is 20.8. The van der Waals surface area contributed by atoms with Crippen molar-refractivity contribution < 1.29 is 14.3 Å². The van der Waals surface area contributed by atoms with Crippen LogP contribution < -0.4 is 5.32 Å².